The molecule has 0 bridgehead atoms. The predicted molar refractivity (Wildman–Crippen MR) is 396 cm³/mol. The number of unbranched alkanes of at least 4 members (excludes halogenated alkanes) is 3. The van der Waals surface area contributed by atoms with Gasteiger partial charge in [0.15, 0.2) is 67.2 Å². The van der Waals surface area contributed by atoms with Crippen LogP contribution in [-0.4, -0.2) is 159 Å². The number of aromatic nitrogens is 8. The van der Waals surface area contributed by atoms with E-state index < -0.39 is 87.3 Å². The molecule has 0 aliphatic carbocycles. The molecule has 6 amide bonds. The number of carbonyl (C=O) groups excluding carboxylic acids is 3. The minimum Gasteiger partial charge on any atom is -0.437 e. The van der Waals surface area contributed by atoms with Crippen molar-refractivity contribution in [2.75, 3.05) is 35.6 Å². The van der Waals surface area contributed by atoms with Crippen molar-refractivity contribution in [3.8, 4) is 0 Å². The van der Waals surface area contributed by atoms with Crippen LogP contribution in [0.15, 0.2) is 39.5 Å². The molecule has 0 aromatic carbocycles. The van der Waals surface area contributed by atoms with Crippen molar-refractivity contribution in [3.05, 3.63) is 51.3 Å². The molecular formula is C57H115N15O11Si9. The topological polar surface area (TPSA) is 337 Å². The number of carbonyl (C=O) groups is 3. The summed E-state index contributed by atoms with van der Waals surface area (Å²) in [5.74, 6) is 1.20. The van der Waals surface area contributed by atoms with Gasteiger partial charge >= 0.3 is 49.5 Å². The molecule has 0 fully saturated rings. The summed E-state index contributed by atoms with van der Waals surface area (Å²) in [7, 11) is -17.3. The highest BCUT2D eigenvalue weighted by Crippen LogP contribution is 2.30. The first-order chi connectivity index (χ1) is 42.6. The molecule has 0 saturated heterocycles. The van der Waals surface area contributed by atoms with Crippen LogP contribution in [0.25, 0.3) is 11.2 Å². The Morgan fingerprint density at radius 3 is 1.32 bits per heavy atom. The SMILES string of the molecule is CCCC[Si](C)(C)O[Si](C)(C)O[Si](C)(C)CCCNC(=O)Nc1ccnc(=O)[nH]1.CCCC[Si](C)(C)O[Si](C)(C)O[Si](C)(C)CCCNC(=O)Nc1nc2c(c(=O)[nH]1)CC=N2.CCCC[Si](C)(C)O[Si](C)(C)O[Si](C)(C)CCCNC(=O)Nc1ncnc2nc[nH]c12. The van der Waals surface area contributed by atoms with Crippen LogP contribution < -0.4 is 43.1 Å². The second-order valence-corrected chi connectivity index (χ2v) is 65.9. The lowest BCUT2D eigenvalue weighted by atomic mass is 10.3. The van der Waals surface area contributed by atoms with Gasteiger partial charge in [-0.1, -0.05) is 59.3 Å². The van der Waals surface area contributed by atoms with E-state index in [-0.39, 0.29) is 23.6 Å². The molecule has 1 aliphatic rings. The van der Waals surface area contributed by atoms with Crippen molar-refractivity contribution in [1.29, 1.82) is 0 Å². The van der Waals surface area contributed by atoms with E-state index in [1.807, 2.05) is 0 Å². The van der Waals surface area contributed by atoms with Crippen LogP contribution >= 0.6 is 0 Å². The summed E-state index contributed by atoms with van der Waals surface area (Å²) in [6.07, 6.45) is 16.1. The van der Waals surface area contributed by atoms with Gasteiger partial charge in [-0.25, -0.2) is 44.1 Å². The van der Waals surface area contributed by atoms with E-state index in [9.17, 15) is 24.0 Å². The van der Waals surface area contributed by atoms with Gasteiger partial charge in [-0.05, 0) is 179 Å². The number of aromatic amines is 3. The molecule has 1 aliphatic heterocycles. The quantitative estimate of drug-likeness (QED) is 0.0151. The number of aliphatic imine (C=N–C) groups is 1. The number of H-pyrrole nitrogens is 3. The van der Waals surface area contributed by atoms with E-state index in [0.717, 1.165) is 37.4 Å². The number of urea groups is 3. The first-order valence-electron chi connectivity index (χ1n) is 32.8. The van der Waals surface area contributed by atoms with E-state index in [0.29, 0.717) is 60.2 Å². The highest BCUT2D eigenvalue weighted by Gasteiger charge is 2.42. The van der Waals surface area contributed by atoms with Crippen molar-refractivity contribution in [3.63, 3.8) is 0 Å². The third kappa shape index (κ3) is 33.7. The number of amides is 6. The molecule has 92 heavy (non-hydrogen) atoms. The van der Waals surface area contributed by atoms with Gasteiger partial charge in [0, 0.05) is 38.5 Å². The summed E-state index contributed by atoms with van der Waals surface area (Å²) >= 11 is 0. The summed E-state index contributed by atoms with van der Waals surface area (Å²) in [6, 6.07) is 6.83. The van der Waals surface area contributed by atoms with E-state index in [1.54, 1.807) is 6.21 Å². The first kappa shape index (κ1) is 81.7. The van der Waals surface area contributed by atoms with Crippen molar-refractivity contribution >= 4 is 134 Å². The number of imidazole rings is 1. The van der Waals surface area contributed by atoms with Gasteiger partial charge in [0.1, 0.15) is 17.7 Å². The highest BCUT2D eigenvalue weighted by molar-refractivity contribution is 6.89. The van der Waals surface area contributed by atoms with Gasteiger partial charge in [-0.3, -0.25) is 30.7 Å². The maximum Gasteiger partial charge on any atom is 0.346 e. The van der Waals surface area contributed by atoms with E-state index in [4.69, 9.17) is 24.7 Å². The number of hydrogen-bond acceptors (Lipinski definition) is 17. The Balaban J connectivity index is 0.000000361. The maximum atomic E-state index is 12.2. The third-order valence-corrected chi connectivity index (χ3v) is 48.8. The Bertz CT molecular complexity index is 3090. The van der Waals surface area contributed by atoms with Crippen LogP contribution in [0, 0.1) is 0 Å². The number of fused-ring (bicyclic) bond motifs is 2. The number of nitrogens with one attached hydrogen (secondary N) is 9. The normalized spacial score (nSPS) is 13.1. The molecule has 4 aromatic heterocycles. The summed E-state index contributed by atoms with van der Waals surface area (Å²) in [5, 5.41) is 16.4. The average Bonchev–Trinajstić information content (AvgIpc) is 1.68. The van der Waals surface area contributed by atoms with Crippen LogP contribution in [0.5, 0.6) is 0 Å². The fraction of sp³-hybridized carbons (Fsp3) is 0.702. The number of anilines is 3. The molecule has 35 heteroatoms. The molecule has 5 rings (SSSR count). The predicted octanol–water partition coefficient (Wildman–Crippen LogP) is 13.5. The van der Waals surface area contributed by atoms with Crippen LogP contribution in [0.2, 0.25) is 154 Å². The highest BCUT2D eigenvalue weighted by atomic mass is 28.5. The molecular weight excluding hydrogens is 1320 g/mol. The Hall–Kier alpha value is -4.50. The molecule has 520 valence electrons. The minimum atomic E-state index is -2.20. The Labute approximate surface area is 557 Å². The second-order valence-electron chi connectivity index (χ2n) is 28.5. The van der Waals surface area contributed by atoms with Gasteiger partial charge in [-0.2, -0.15) is 4.98 Å². The second kappa shape index (κ2) is 37.1. The molecule has 9 N–H and O–H groups in total. The summed E-state index contributed by atoms with van der Waals surface area (Å²) in [6.45, 7) is 48.3. The number of nitrogens with zero attached hydrogens (tertiary/aromatic N) is 6. The molecule has 0 unspecified atom stereocenters. The van der Waals surface area contributed by atoms with Crippen molar-refractivity contribution < 1.29 is 39.1 Å². The van der Waals surface area contributed by atoms with Crippen LogP contribution in [0.3, 0.4) is 0 Å². The Morgan fingerprint density at radius 2 is 0.902 bits per heavy atom. The monoisotopic (exact) mass is 1440 g/mol. The fourth-order valence-corrected chi connectivity index (χ4v) is 53.9. The first-order valence-corrected chi connectivity index (χ1v) is 59.9. The molecule has 0 spiro atoms. The Kier molecular flexibility index (Phi) is 33.0. The number of hydrogen-bond donors (Lipinski definition) is 9. The van der Waals surface area contributed by atoms with Gasteiger partial charge in [-0.15, -0.1) is 0 Å². The molecule has 26 nitrogen and oxygen atoms in total. The molecule has 0 radical (unpaired) electrons. The third-order valence-electron chi connectivity index (χ3n) is 14.4. The molecule has 0 atom stereocenters. The van der Waals surface area contributed by atoms with E-state index in [2.05, 4.69) is 215 Å². The van der Waals surface area contributed by atoms with Crippen LogP contribution in [-0.2, 0) is 31.1 Å². The minimum absolute atomic E-state index is 0.100. The lowest BCUT2D eigenvalue weighted by molar-refractivity contribution is 0.251. The number of rotatable bonds is 36. The summed E-state index contributed by atoms with van der Waals surface area (Å²) in [5.41, 5.74) is 0.877. The zero-order valence-corrected chi connectivity index (χ0v) is 68.5. The molecule has 0 saturated carbocycles. The summed E-state index contributed by atoms with van der Waals surface area (Å²) < 4.78 is 39.5. The molecule has 4 aromatic rings. The Morgan fingerprint density at radius 1 is 0.500 bits per heavy atom. The van der Waals surface area contributed by atoms with Crippen LogP contribution in [0.4, 0.5) is 37.8 Å². The van der Waals surface area contributed by atoms with Crippen molar-refractivity contribution in [2.24, 2.45) is 4.99 Å². The van der Waals surface area contributed by atoms with E-state index in [1.165, 1.54) is 81.6 Å². The van der Waals surface area contributed by atoms with Gasteiger partial charge in [0.05, 0.1) is 11.9 Å². The smallest absolute Gasteiger partial charge is 0.346 e. The van der Waals surface area contributed by atoms with Crippen LogP contribution in [0.1, 0.15) is 84.1 Å². The zero-order valence-electron chi connectivity index (χ0n) is 59.5. The largest absolute Gasteiger partial charge is 0.437 e. The lowest BCUT2D eigenvalue weighted by Crippen LogP contribution is -2.52. The van der Waals surface area contributed by atoms with E-state index >= 15 is 0 Å². The maximum absolute atomic E-state index is 12.2. The fourth-order valence-electron chi connectivity index (χ4n) is 11.1. The van der Waals surface area contributed by atoms with Crippen molar-refractivity contribution in [2.45, 2.75) is 239 Å². The van der Waals surface area contributed by atoms with Gasteiger partial charge in [0.25, 0.3) is 5.56 Å². The average molecular weight is 1440 g/mol. The summed E-state index contributed by atoms with van der Waals surface area (Å²) in [4.78, 5) is 91.3. The zero-order chi connectivity index (χ0) is 69.2. The standard InChI is InChI=1S/C20H39N5O4Si3.C19H38N6O3Si3.C18H38N4O4Si3/c1-8-9-14-30(2,3)28-32(6,7)29-31(4,5)15-10-12-22-20(27)25-19-23-17-16(11-13-21-17)18(26)24-19;1-8-9-12-29(2,3)27-31(6,7)28-30(4,5)13-10-11-20-19(26)25-18-16-17(22-14-21-16)23-15-24-18;1-8-9-14-27(2,3)25-29(6,7)26-28(4,5)15-10-12-19-17(23)21-16-11-13-20-18(24)22-16/h13H,8-12,14-15H2,1-7H3,(H3,22,23,24,25,26,27);14-15H,8-13H2,1-7H3,(H3,20,21,22,23,24,25,26);11,13H,8-10,12,14-15H2,1-7H3,(H3,19,20,21,22,23,24). The lowest BCUT2D eigenvalue weighted by Gasteiger charge is -2.39. The molecule has 5 heterocycles. The van der Waals surface area contributed by atoms with Gasteiger partial charge in [0.2, 0.25) is 5.95 Å². The van der Waals surface area contributed by atoms with Crippen molar-refractivity contribution in [1.82, 2.24) is 55.8 Å². The van der Waals surface area contributed by atoms with Gasteiger partial charge < -0.3 is 45.6 Å².